The van der Waals surface area contributed by atoms with Crippen LogP contribution in [0.1, 0.15) is 35.0 Å². The van der Waals surface area contributed by atoms with Gasteiger partial charge in [-0.25, -0.2) is 8.42 Å². The molecule has 7 nitrogen and oxygen atoms in total. The first-order valence-electron chi connectivity index (χ1n) is 8.56. The Balaban J connectivity index is 1.68. The fourth-order valence-corrected chi connectivity index (χ4v) is 3.73. The zero-order valence-electron chi connectivity index (χ0n) is 14.6. The van der Waals surface area contributed by atoms with Crippen molar-refractivity contribution in [3.63, 3.8) is 0 Å². The van der Waals surface area contributed by atoms with Gasteiger partial charge in [-0.05, 0) is 56.3 Å². The summed E-state index contributed by atoms with van der Waals surface area (Å²) in [6, 6.07) is 10.2. The Morgan fingerprint density at radius 2 is 2.00 bits per heavy atom. The number of anilines is 1. The highest BCUT2D eigenvalue weighted by molar-refractivity contribution is 7.92. The van der Waals surface area contributed by atoms with Crippen LogP contribution in [0.3, 0.4) is 0 Å². The van der Waals surface area contributed by atoms with E-state index in [2.05, 4.69) is 14.9 Å². The molecule has 8 heteroatoms. The van der Waals surface area contributed by atoms with Gasteiger partial charge >= 0.3 is 0 Å². The average molecular weight is 377 g/mol. The van der Waals surface area contributed by atoms with Gasteiger partial charge in [-0.1, -0.05) is 6.07 Å². The number of hydrogen-bond donors (Lipinski definition) is 2. The summed E-state index contributed by atoms with van der Waals surface area (Å²) in [5.74, 6) is 0.581. The fourth-order valence-electron chi connectivity index (χ4n) is 3.17. The Labute approximate surface area is 153 Å². The zero-order chi connectivity index (χ0) is 18.6. The van der Waals surface area contributed by atoms with E-state index in [0.717, 1.165) is 37.9 Å². The van der Waals surface area contributed by atoms with Crippen LogP contribution in [0.25, 0.3) is 0 Å². The quantitative estimate of drug-likeness (QED) is 0.772. The molecule has 26 heavy (non-hydrogen) atoms. The molecular weight excluding hydrogens is 354 g/mol. The van der Waals surface area contributed by atoms with Crippen LogP contribution in [-0.4, -0.2) is 45.1 Å². The number of amides is 1. The molecule has 2 heterocycles. The number of sulfonamides is 1. The molecule has 0 spiro atoms. The van der Waals surface area contributed by atoms with Gasteiger partial charge in [-0.2, -0.15) is 0 Å². The van der Waals surface area contributed by atoms with E-state index in [0.29, 0.717) is 17.8 Å². The first kappa shape index (κ1) is 18.5. The van der Waals surface area contributed by atoms with E-state index >= 15 is 0 Å². The molecule has 1 aliphatic rings. The molecule has 1 atom stereocenters. The number of hydrogen-bond acceptors (Lipinski definition) is 5. The lowest BCUT2D eigenvalue weighted by molar-refractivity contribution is 0.0934. The van der Waals surface area contributed by atoms with Crippen molar-refractivity contribution in [2.24, 2.45) is 0 Å². The summed E-state index contributed by atoms with van der Waals surface area (Å²) in [6.07, 6.45) is 5.00. The van der Waals surface area contributed by atoms with Gasteiger partial charge in [0.15, 0.2) is 0 Å². The number of likely N-dealkylation sites (tertiary alicyclic amines) is 1. The van der Waals surface area contributed by atoms with Crippen molar-refractivity contribution < 1.29 is 17.6 Å². The number of carbonyl (C=O) groups is 1. The van der Waals surface area contributed by atoms with Crippen molar-refractivity contribution in [3.8, 4) is 0 Å². The SMILES string of the molecule is CS(=O)(=O)Nc1cccc(C(=O)NCC(c2ccco2)N2CCCC2)c1. The fraction of sp³-hybridized carbons (Fsp3) is 0.389. The van der Waals surface area contributed by atoms with Crippen molar-refractivity contribution in [2.75, 3.05) is 30.6 Å². The third kappa shape index (κ3) is 4.86. The van der Waals surface area contributed by atoms with E-state index < -0.39 is 10.0 Å². The first-order chi connectivity index (χ1) is 12.4. The van der Waals surface area contributed by atoms with Gasteiger partial charge in [-0.3, -0.25) is 14.4 Å². The second kappa shape index (κ2) is 7.92. The molecule has 0 saturated carbocycles. The van der Waals surface area contributed by atoms with Crippen LogP contribution < -0.4 is 10.0 Å². The Hall–Kier alpha value is -2.32. The van der Waals surface area contributed by atoms with Crippen LogP contribution in [0.4, 0.5) is 5.69 Å². The van der Waals surface area contributed by atoms with Gasteiger partial charge < -0.3 is 9.73 Å². The molecule has 1 aliphatic heterocycles. The zero-order valence-corrected chi connectivity index (χ0v) is 15.5. The smallest absolute Gasteiger partial charge is 0.251 e. The average Bonchev–Trinajstić information content (AvgIpc) is 3.27. The van der Waals surface area contributed by atoms with Gasteiger partial charge in [0, 0.05) is 17.8 Å². The molecule has 2 N–H and O–H groups in total. The second-order valence-corrected chi connectivity index (χ2v) is 8.19. The lowest BCUT2D eigenvalue weighted by Gasteiger charge is -2.26. The van der Waals surface area contributed by atoms with Crippen LogP contribution in [0.2, 0.25) is 0 Å². The summed E-state index contributed by atoms with van der Waals surface area (Å²) in [5, 5.41) is 2.94. The van der Waals surface area contributed by atoms with Crippen LogP contribution in [0, 0.1) is 0 Å². The number of carbonyl (C=O) groups excluding carboxylic acids is 1. The minimum absolute atomic E-state index is 0.00576. The molecule has 1 aromatic heterocycles. The molecule has 0 bridgehead atoms. The maximum atomic E-state index is 12.5. The molecule has 0 radical (unpaired) electrons. The predicted octanol–water partition coefficient (Wildman–Crippen LogP) is 2.22. The summed E-state index contributed by atoms with van der Waals surface area (Å²) in [4.78, 5) is 14.8. The lowest BCUT2D eigenvalue weighted by atomic mass is 10.1. The molecule has 1 amide bonds. The van der Waals surface area contributed by atoms with E-state index in [1.165, 1.54) is 6.07 Å². The third-order valence-corrected chi connectivity index (χ3v) is 4.94. The van der Waals surface area contributed by atoms with E-state index in [4.69, 9.17) is 4.42 Å². The Morgan fingerprint density at radius 3 is 2.65 bits per heavy atom. The van der Waals surface area contributed by atoms with Crippen molar-refractivity contribution in [1.29, 1.82) is 0 Å². The number of furan rings is 1. The predicted molar refractivity (Wildman–Crippen MR) is 99.5 cm³/mol. The number of rotatable bonds is 7. The highest BCUT2D eigenvalue weighted by Gasteiger charge is 2.26. The molecule has 1 saturated heterocycles. The van der Waals surface area contributed by atoms with Crippen LogP contribution >= 0.6 is 0 Å². The van der Waals surface area contributed by atoms with Crippen molar-refractivity contribution >= 4 is 21.6 Å². The number of nitrogens with zero attached hydrogens (tertiary/aromatic N) is 1. The first-order valence-corrected chi connectivity index (χ1v) is 10.4. The minimum atomic E-state index is -3.39. The molecule has 140 valence electrons. The number of benzene rings is 1. The molecule has 1 unspecified atom stereocenters. The summed E-state index contributed by atoms with van der Waals surface area (Å²) in [5.41, 5.74) is 0.764. The molecule has 3 rings (SSSR count). The topological polar surface area (TPSA) is 91.6 Å². The summed E-state index contributed by atoms with van der Waals surface area (Å²) >= 11 is 0. The van der Waals surface area contributed by atoms with E-state index in [-0.39, 0.29) is 11.9 Å². The molecule has 1 aromatic carbocycles. The van der Waals surface area contributed by atoms with Gasteiger partial charge in [-0.15, -0.1) is 0 Å². The largest absolute Gasteiger partial charge is 0.468 e. The van der Waals surface area contributed by atoms with Gasteiger partial charge in [0.25, 0.3) is 5.91 Å². The Bertz CT molecular complexity index is 843. The van der Waals surface area contributed by atoms with Crippen LogP contribution in [0.5, 0.6) is 0 Å². The van der Waals surface area contributed by atoms with Gasteiger partial charge in [0.2, 0.25) is 10.0 Å². The maximum Gasteiger partial charge on any atom is 0.251 e. The minimum Gasteiger partial charge on any atom is -0.468 e. The van der Waals surface area contributed by atoms with E-state index in [1.54, 1.807) is 24.5 Å². The summed E-state index contributed by atoms with van der Waals surface area (Å²) in [6.45, 7) is 2.39. The van der Waals surface area contributed by atoms with E-state index in [9.17, 15) is 13.2 Å². The van der Waals surface area contributed by atoms with Gasteiger partial charge in [0.05, 0.1) is 18.6 Å². The molecule has 1 fully saturated rings. The molecule has 2 aromatic rings. The van der Waals surface area contributed by atoms with Gasteiger partial charge in [0.1, 0.15) is 5.76 Å². The number of nitrogens with one attached hydrogen (secondary N) is 2. The van der Waals surface area contributed by atoms with Crippen molar-refractivity contribution in [2.45, 2.75) is 18.9 Å². The van der Waals surface area contributed by atoms with Crippen molar-refractivity contribution in [3.05, 3.63) is 54.0 Å². The summed E-state index contributed by atoms with van der Waals surface area (Å²) in [7, 11) is -3.39. The van der Waals surface area contributed by atoms with Crippen molar-refractivity contribution in [1.82, 2.24) is 10.2 Å². The summed E-state index contributed by atoms with van der Waals surface area (Å²) < 4.78 is 30.6. The normalized spacial score (nSPS) is 16.3. The molecular formula is C18H23N3O4S. The standard InChI is InChI=1S/C18H23N3O4S/c1-26(23,24)20-15-7-4-6-14(12-15)18(22)19-13-16(17-8-5-11-25-17)21-9-2-3-10-21/h4-8,11-12,16,20H,2-3,9-10,13H2,1H3,(H,19,22). The maximum absolute atomic E-state index is 12.5. The lowest BCUT2D eigenvalue weighted by Crippen LogP contribution is -2.36. The third-order valence-electron chi connectivity index (χ3n) is 4.34. The Kier molecular flexibility index (Phi) is 5.63. The monoisotopic (exact) mass is 377 g/mol. The highest BCUT2D eigenvalue weighted by Crippen LogP contribution is 2.25. The van der Waals surface area contributed by atoms with Crippen LogP contribution in [-0.2, 0) is 10.0 Å². The molecule has 0 aliphatic carbocycles. The van der Waals surface area contributed by atoms with E-state index in [1.807, 2.05) is 12.1 Å². The highest BCUT2D eigenvalue weighted by atomic mass is 32.2. The second-order valence-electron chi connectivity index (χ2n) is 6.44. The van der Waals surface area contributed by atoms with Crippen LogP contribution in [0.15, 0.2) is 47.1 Å². The Morgan fingerprint density at radius 1 is 1.23 bits per heavy atom.